The van der Waals surface area contributed by atoms with E-state index < -0.39 is 0 Å². The van der Waals surface area contributed by atoms with Crippen LogP contribution in [0.2, 0.25) is 0 Å². The summed E-state index contributed by atoms with van der Waals surface area (Å²) in [6, 6.07) is 8.28. The Morgan fingerprint density at radius 2 is 2.00 bits per heavy atom. The largest absolute Gasteiger partial charge is 0.399 e. The highest BCUT2D eigenvalue weighted by molar-refractivity contribution is 5.41. The van der Waals surface area contributed by atoms with Gasteiger partial charge < -0.3 is 15.4 Å². The molecule has 1 aromatic rings. The van der Waals surface area contributed by atoms with E-state index in [4.69, 9.17) is 10.5 Å². The summed E-state index contributed by atoms with van der Waals surface area (Å²) in [6.07, 6.45) is 2.85. The third-order valence-electron chi connectivity index (χ3n) is 4.24. The first kappa shape index (κ1) is 15.3. The second-order valence-corrected chi connectivity index (χ2v) is 6.47. The molecule has 0 radical (unpaired) electrons. The van der Waals surface area contributed by atoms with Gasteiger partial charge in [0.2, 0.25) is 0 Å². The SMILES string of the molecule is CCN(CC1CCCO1)CC(C)(C)c1ccc(N)cc1. The lowest BCUT2D eigenvalue weighted by Crippen LogP contribution is -2.40. The fourth-order valence-corrected chi connectivity index (χ4v) is 2.97. The first-order valence-corrected chi connectivity index (χ1v) is 7.71. The van der Waals surface area contributed by atoms with Crippen molar-refractivity contribution >= 4 is 5.69 Å². The van der Waals surface area contributed by atoms with Gasteiger partial charge in [-0.3, -0.25) is 0 Å². The van der Waals surface area contributed by atoms with Crippen molar-refractivity contribution in [3.05, 3.63) is 29.8 Å². The molecule has 1 aliphatic heterocycles. The Hall–Kier alpha value is -1.06. The van der Waals surface area contributed by atoms with Gasteiger partial charge in [-0.2, -0.15) is 0 Å². The molecule has 0 amide bonds. The molecule has 20 heavy (non-hydrogen) atoms. The Labute approximate surface area is 123 Å². The minimum Gasteiger partial charge on any atom is -0.399 e. The molecule has 3 nitrogen and oxygen atoms in total. The lowest BCUT2D eigenvalue weighted by molar-refractivity contribution is 0.0685. The van der Waals surface area contributed by atoms with E-state index >= 15 is 0 Å². The number of hydrogen-bond acceptors (Lipinski definition) is 3. The van der Waals surface area contributed by atoms with Crippen molar-refractivity contribution in [1.29, 1.82) is 0 Å². The van der Waals surface area contributed by atoms with Gasteiger partial charge in [-0.25, -0.2) is 0 Å². The summed E-state index contributed by atoms with van der Waals surface area (Å²) in [7, 11) is 0. The van der Waals surface area contributed by atoms with Crippen LogP contribution in [0.3, 0.4) is 0 Å². The second kappa shape index (κ2) is 6.59. The van der Waals surface area contributed by atoms with Gasteiger partial charge in [-0.15, -0.1) is 0 Å². The number of nitrogens with two attached hydrogens (primary N) is 1. The van der Waals surface area contributed by atoms with Crippen LogP contribution in [0.1, 0.15) is 39.2 Å². The molecule has 1 atom stereocenters. The number of nitrogen functional groups attached to an aromatic ring is 1. The lowest BCUT2D eigenvalue weighted by Gasteiger charge is -2.33. The Bertz CT molecular complexity index is 408. The van der Waals surface area contributed by atoms with E-state index in [1.807, 2.05) is 12.1 Å². The van der Waals surface area contributed by atoms with E-state index in [9.17, 15) is 0 Å². The van der Waals surface area contributed by atoms with Crippen LogP contribution >= 0.6 is 0 Å². The number of rotatable bonds is 6. The van der Waals surface area contributed by atoms with Gasteiger partial charge in [0.15, 0.2) is 0 Å². The Kier molecular flexibility index (Phi) is 5.06. The van der Waals surface area contributed by atoms with Crippen LogP contribution in [0.15, 0.2) is 24.3 Å². The fraction of sp³-hybridized carbons (Fsp3) is 0.647. The predicted molar refractivity (Wildman–Crippen MR) is 85.0 cm³/mol. The molecule has 1 aliphatic rings. The van der Waals surface area contributed by atoms with Crippen molar-refractivity contribution in [2.45, 2.75) is 45.1 Å². The highest BCUT2D eigenvalue weighted by Crippen LogP contribution is 2.26. The van der Waals surface area contributed by atoms with Gasteiger partial charge in [0, 0.05) is 30.8 Å². The monoisotopic (exact) mass is 276 g/mol. The average molecular weight is 276 g/mol. The zero-order valence-electron chi connectivity index (χ0n) is 13.1. The maximum Gasteiger partial charge on any atom is 0.0702 e. The van der Waals surface area contributed by atoms with Gasteiger partial charge in [-0.05, 0) is 37.1 Å². The lowest BCUT2D eigenvalue weighted by atomic mass is 9.84. The molecule has 0 bridgehead atoms. The summed E-state index contributed by atoms with van der Waals surface area (Å²) < 4.78 is 5.76. The van der Waals surface area contributed by atoms with Crippen LogP contribution < -0.4 is 5.73 Å². The number of ether oxygens (including phenoxy) is 1. The van der Waals surface area contributed by atoms with E-state index in [0.717, 1.165) is 31.9 Å². The minimum absolute atomic E-state index is 0.127. The molecule has 0 aromatic heterocycles. The van der Waals surface area contributed by atoms with Gasteiger partial charge in [0.25, 0.3) is 0 Å². The smallest absolute Gasteiger partial charge is 0.0702 e. The Morgan fingerprint density at radius 1 is 1.30 bits per heavy atom. The van der Waals surface area contributed by atoms with Crippen molar-refractivity contribution in [3.8, 4) is 0 Å². The van der Waals surface area contributed by atoms with Crippen LogP contribution in [0.5, 0.6) is 0 Å². The summed E-state index contributed by atoms with van der Waals surface area (Å²) in [4.78, 5) is 2.51. The molecular formula is C17H28N2O. The maximum absolute atomic E-state index is 5.78. The van der Waals surface area contributed by atoms with Crippen LogP contribution in [-0.4, -0.2) is 37.2 Å². The van der Waals surface area contributed by atoms with Crippen LogP contribution in [0, 0.1) is 0 Å². The van der Waals surface area contributed by atoms with Crippen LogP contribution in [0.25, 0.3) is 0 Å². The van der Waals surface area contributed by atoms with Crippen LogP contribution in [0.4, 0.5) is 5.69 Å². The fourth-order valence-electron chi connectivity index (χ4n) is 2.97. The second-order valence-electron chi connectivity index (χ2n) is 6.47. The van der Waals surface area contributed by atoms with E-state index in [1.54, 1.807) is 0 Å². The Morgan fingerprint density at radius 3 is 2.55 bits per heavy atom. The van der Waals surface area contributed by atoms with Crippen LogP contribution in [-0.2, 0) is 10.2 Å². The molecule has 1 heterocycles. The topological polar surface area (TPSA) is 38.5 Å². The van der Waals surface area contributed by atoms with E-state index in [-0.39, 0.29) is 5.41 Å². The van der Waals surface area contributed by atoms with Crippen molar-refractivity contribution in [2.75, 3.05) is 32.0 Å². The highest BCUT2D eigenvalue weighted by atomic mass is 16.5. The molecule has 0 aliphatic carbocycles. The normalized spacial score (nSPS) is 19.7. The maximum atomic E-state index is 5.78. The molecule has 0 saturated carbocycles. The number of nitrogens with zero attached hydrogens (tertiary/aromatic N) is 1. The van der Waals surface area contributed by atoms with E-state index in [1.165, 1.54) is 18.4 Å². The first-order valence-electron chi connectivity index (χ1n) is 7.71. The number of anilines is 1. The molecule has 1 unspecified atom stereocenters. The Balaban J connectivity index is 1.98. The molecule has 0 spiro atoms. The standard InChI is InChI=1S/C17H28N2O/c1-4-19(12-16-6-5-11-20-16)13-17(2,3)14-7-9-15(18)10-8-14/h7-10,16H,4-6,11-13,18H2,1-3H3. The molecule has 1 saturated heterocycles. The summed E-state index contributed by atoms with van der Waals surface area (Å²) in [5.41, 5.74) is 8.08. The molecule has 1 fully saturated rings. The summed E-state index contributed by atoms with van der Waals surface area (Å²) in [6.45, 7) is 10.9. The van der Waals surface area contributed by atoms with E-state index in [2.05, 4.69) is 37.8 Å². The van der Waals surface area contributed by atoms with Gasteiger partial charge in [-0.1, -0.05) is 32.9 Å². The summed E-state index contributed by atoms with van der Waals surface area (Å²) in [5.74, 6) is 0. The number of benzene rings is 1. The zero-order chi connectivity index (χ0) is 14.6. The summed E-state index contributed by atoms with van der Waals surface area (Å²) in [5, 5.41) is 0. The number of likely N-dealkylation sites (N-methyl/N-ethyl adjacent to an activating group) is 1. The summed E-state index contributed by atoms with van der Waals surface area (Å²) >= 11 is 0. The highest BCUT2D eigenvalue weighted by Gasteiger charge is 2.26. The van der Waals surface area contributed by atoms with Crippen molar-refractivity contribution in [3.63, 3.8) is 0 Å². The van der Waals surface area contributed by atoms with Crippen molar-refractivity contribution < 1.29 is 4.74 Å². The molecular weight excluding hydrogens is 248 g/mol. The average Bonchev–Trinajstić information content (AvgIpc) is 2.91. The zero-order valence-corrected chi connectivity index (χ0v) is 13.1. The van der Waals surface area contributed by atoms with Crippen molar-refractivity contribution in [2.24, 2.45) is 0 Å². The molecule has 112 valence electrons. The molecule has 2 rings (SSSR count). The van der Waals surface area contributed by atoms with Gasteiger partial charge in [0.05, 0.1) is 6.10 Å². The van der Waals surface area contributed by atoms with E-state index in [0.29, 0.717) is 6.10 Å². The minimum atomic E-state index is 0.127. The third kappa shape index (κ3) is 3.97. The van der Waals surface area contributed by atoms with Crippen molar-refractivity contribution in [1.82, 2.24) is 4.90 Å². The van der Waals surface area contributed by atoms with Gasteiger partial charge >= 0.3 is 0 Å². The molecule has 1 aromatic carbocycles. The molecule has 2 N–H and O–H groups in total. The third-order valence-corrected chi connectivity index (χ3v) is 4.24. The number of hydrogen-bond donors (Lipinski definition) is 1. The predicted octanol–water partition coefficient (Wildman–Crippen LogP) is 3.05. The first-order chi connectivity index (χ1) is 9.51. The quantitative estimate of drug-likeness (QED) is 0.812. The molecule has 3 heteroatoms. The van der Waals surface area contributed by atoms with Gasteiger partial charge in [0.1, 0.15) is 0 Å².